The molecule has 0 aliphatic rings. The third-order valence-electron chi connectivity index (χ3n) is 4.68. The number of alkyl halides is 3. The van der Waals surface area contributed by atoms with E-state index in [-0.39, 0.29) is 17.3 Å². The molecule has 0 bridgehead atoms. The van der Waals surface area contributed by atoms with Crippen LogP contribution in [0.15, 0.2) is 73.1 Å². The highest BCUT2D eigenvalue weighted by atomic mass is 19.4. The summed E-state index contributed by atoms with van der Waals surface area (Å²) in [6.45, 7) is 0. The fraction of sp³-hybridized carbons (Fsp3) is 0.0455. The second-order valence-corrected chi connectivity index (χ2v) is 6.98. The summed E-state index contributed by atoms with van der Waals surface area (Å²) in [6.07, 6.45) is -3.83. The number of carbonyl (C=O) groups is 1. The highest BCUT2D eigenvalue weighted by Gasteiger charge is 2.31. The van der Waals surface area contributed by atoms with Crippen molar-refractivity contribution < 1.29 is 27.6 Å². The van der Waals surface area contributed by atoms with Gasteiger partial charge in [-0.15, -0.1) is 13.2 Å². The molecule has 4 rings (SSSR count). The molecule has 1 heterocycles. The maximum atomic E-state index is 12.7. The highest BCUT2D eigenvalue weighted by molar-refractivity contribution is 6.07. The van der Waals surface area contributed by atoms with E-state index in [1.165, 1.54) is 12.1 Å². The summed E-state index contributed by atoms with van der Waals surface area (Å²) in [4.78, 5) is 31.3. The zero-order chi connectivity index (χ0) is 25.0. The third-order valence-corrected chi connectivity index (χ3v) is 4.68. The van der Waals surface area contributed by atoms with Crippen LogP contribution in [-0.2, 0) is 0 Å². The standard InChI is InChI=1S/C22H15F3N6O4/c23-22(24,25)35-15-10-8-14(9-11-15)28-19-18(31(33)34)20(27-12-26-19)29-30-21(32)17-7-3-5-13-4-1-2-6-16(13)17/h1-12H,(H,30,32)(H2,26,27,28,29). The van der Waals surface area contributed by atoms with Crippen LogP contribution in [0.3, 0.4) is 0 Å². The first-order chi connectivity index (χ1) is 16.7. The molecule has 0 saturated heterocycles. The number of nitrogens with one attached hydrogen (secondary N) is 3. The molecular formula is C22H15F3N6O4. The fourth-order valence-electron chi connectivity index (χ4n) is 3.22. The monoisotopic (exact) mass is 484 g/mol. The number of amides is 1. The number of carbonyl (C=O) groups excluding carboxylic acids is 1. The number of nitro groups is 1. The second-order valence-electron chi connectivity index (χ2n) is 6.98. The predicted octanol–water partition coefficient (Wildman–Crippen LogP) is 4.94. The van der Waals surface area contributed by atoms with Gasteiger partial charge in [-0.05, 0) is 41.1 Å². The average molecular weight is 484 g/mol. The van der Waals surface area contributed by atoms with Crippen molar-refractivity contribution in [3.8, 4) is 5.75 Å². The van der Waals surface area contributed by atoms with Crippen LogP contribution in [0.25, 0.3) is 10.8 Å². The molecule has 0 saturated carbocycles. The summed E-state index contributed by atoms with van der Waals surface area (Å²) in [6, 6.07) is 16.9. The summed E-state index contributed by atoms with van der Waals surface area (Å²) in [5, 5.41) is 15.9. The molecule has 0 aliphatic heterocycles. The van der Waals surface area contributed by atoms with Crippen LogP contribution in [0.1, 0.15) is 10.4 Å². The summed E-state index contributed by atoms with van der Waals surface area (Å²) >= 11 is 0. The van der Waals surface area contributed by atoms with Gasteiger partial charge in [-0.1, -0.05) is 36.4 Å². The van der Waals surface area contributed by atoms with E-state index in [2.05, 4.69) is 30.9 Å². The van der Waals surface area contributed by atoms with Crippen molar-refractivity contribution in [1.82, 2.24) is 15.4 Å². The first kappa shape index (κ1) is 23.2. The number of benzene rings is 3. The first-order valence-electron chi connectivity index (χ1n) is 9.87. The second kappa shape index (κ2) is 9.51. The van der Waals surface area contributed by atoms with Gasteiger partial charge in [-0.25, -0.2) is 9.97 Å². The van der Waals surface area contributed by atoms with Crippen molar-refractivity contribution in [3.63, 3.8) is 0 Å². The Labute approximate surface area is 194 Å². The van der Waals surface area contributed by atoms with Gasteiger partial charge in [-0.2, -0.15) is 0 Å². The molecule has 0 aliphatic carbocycles. The minimum absolute atomic E-state index is 0.201. The van der Waals surface area contributed by atoms with Crippen molar-refractivity contribution >= 4 is 39.7 Å². The molecule has 13 heteroatoms. The van der Waals surface area contributed by atoms with Crippen LogP contribution in [-0.4, -0.2) is 27.2 Å². The number of ether oxygens (including phenoxy) is 1. The number of halogens is 3. The predicted molar refractivity (Wildman–Crippen MR) is 120 cm³/mol. The Kier molecular flexibility index (Phi) is 6.31. The van der Waals surface area contributed by atoms with Crippen molar-refractivity contribution in [2.75, 3.05) is 10.7 Å². The summed E-state index contributed by atoms with van der Waals surface area (Å²) < 4.78 is 40.8. The van der Waals surface area contributed by atoms with E-state index in [1.54, 1.807) is 24.3 Å². The average Bonchev–Trinajstić information content (AvgIpc) is 2.82. The Morgan fingerprint density at radius 3 is 2.34 bits per heavy atom. The number of fused-ring (bicyclic) bond motifs is 1. The third kappa shape index (κ3) is 5.52. The molecule has 0 radical (unpaired) electrons. The molecule has 35 heavy (non-hydrogen) atoms. The zero-order valence-corrected chi connectivity index (χ0v) is 17.5. The lowest BCUT2D eigenvalue weighted by molar-refractivity contribution is -0.383. The van der Waals surface area contributed by atoms with Crippen molar-refractivity contribution in [3.05, 3.63) is 88.7 Å². The first-order valence-corrected chi connectivity index (χ1v) is 9.87. The summed E-state index contributed by atoms with van der Waals surface area (Å²) in [7, 11) is 0. The van der Waals surface area contributed by atoms with Gasteiger partial charge in [0.2, 0.25) is 11.6 Å². The highest BCUT2D eigenvalue weighted by Crippen LogP contribution is 2.32. The molecule has 0 unspecified atom stereocenters. The molecule has 1 aromatic heterocycles. The number of aromatic nitrogens is 2. The van der Waals surface area contributed by atoms with Crippen LogP contribution in [0.4, 0.5) is 36.2 Å². The lowest BCUT2D eigenvalue weighted by Gasteiger charge is -2.12. The van der Waals surface area contributed by atoms with E-state index in [4.69, 9.17) is 0 Å². The van der Waals surface area contributed by atoms with Crippen LogP contribution < -0.4 is 20.9 Å². The van der Waals surface area contributed by atoms with Gasteiger partial charge in [-0.3, -0.25) is 25.8 Å². The van der Waals surface area contributed by atoms with E-state index >= 15 is 0 Å². The number of hydrogen-bond donors (Lipinski definition) is 3. The summed E-state index contributed by atoms with van der Waals surface area (Å²) in [5.41, 5.74) is 4.77. The van der Waals surface area contributed by atoms with Gasteiger partial charge in [0, 0.05) is 11.3 Å². The Morgan fingerprint density at radius 1 is 0.943 bits per heavy atom. The largest absolute Gasteiger partial charge is 0.573 e. The minimum Gasteiger partial charge on any atom is -0.406 e. The maximum Gasteiger partial charge on any atom is 0.573 e. The molecule has 0 spiro atoms. The van der Waals surface area contributed by atoms with Gasteiger partial charge >= 0.3 is 12.0 Å². The summed E-state index contributed by atoms with van der Waals surface area (Å²) in [5.74, 6) is -1.57. The Morgan fingerprint density at radius 2 is 1.63 bits per heavy atom. The molecule has 3 N–H and O–H groups in total. The SMILES string of the molecule is O=C(NNc1ncnc(Nc2ccc(OC(F)(F)F)cc2)c1[N+](=O)[O-])c1cccc2ccccc12. The molecule has 1 amide bonds. The number of hydrazine groups is 1. The zero-order valence-electron chi connectivity index (χ0n) is 17.5. The van der Waals surface area contributed by atoms with Crippen LogP contribution in [0.2, 0.25) is 0 Å². The Hall–Kier alpha value is -4.94. The van der Waals surface area contributed by atoms with Gasteiger partial charge in [0.25, 0.3) is 5.91 Å². The van der Waals surface area contributed by atoms with Gasteiger partial charge < -0.3 is 10.1 Å². The maximum absolute atomic E-state index is 12.7. The lowest BCUT2D eigenvalue weighted by atomic mass is 10.0. The number of rotatable bonds is 7. The quantitative estimate of drug-likeness (QED) is 0.248. The normalized spacial score (nSPS) is 11.1. The minimum atomic E-state index is -4.85. The molecule has 4 aromatic rings. The number of nitrogens with zero attached hydrogens (tertiary/aromatic N) is 3. The Balaban J connectivity index is 1.53. The van der Waals surface area contributed by atoms with E-state index < -0.39 is 28.6 Å². The fourth-order valence-corrected chi connectivity index (χ4v) is 3.22. The topological polar surface area (TPSA) is 131 Å². The molecular weight excluding hydrogens is 469 g/mol. The number of hydrogen-bond acceptors (Lipinski definition) is 8. The van der Waals surface area contributed by atoms with Crippen LogP contribution >= 0.6 is 0 Å². The lowest BCUT2D eigenvalue weighted by Crippen LogP contribution is -2.30. The van der Waals surface area contributed by atoms with Crippen molar-refractivity contribution in [2.24, 2.45) is 0 Å². The van der Waals surface area contributed by atoms with E-state index in [9.17, 15) is 28.1 Å². The van der Waals surface area contributed by atoms with E-state index in [0.29, 0.717) is 10.9 Å². The van der Waals surface area contributed by atoms with Crippen LogP contribution in [0.5, 0.6) is 5.75 Å². The van der Waals surface area contributed by atoms with Crippen LogP contribution in [0, 0.1) is 10.1 Å². The Bertz CT molecular complexity index is 1390. The molecule has 178 valence electrons. The molecule has 10 nitrogen and oxygen atoms in total. The molecule has 0 fully saturated rings. The van der Waals surface area contributed by atoms with E-state index in [0.717, 1.165) is 23.8 Å². The van der Waals surface area contributed by atoms with Gasteiger partial charge in [0.15, 0.2) is 0 Å². The molecule has 3 aromatic carbocycles. The van der Waals surface area contributed by atoms with E-state index in [1.807, 2.05) is 18.2 Å². The van der Waals surface area contributed by atoms with Crippen molar-refractivity contribution in [1.29, 1.82) is 0 Å². The van der Waals surface area contributed by atoms with Gasteiger partial charge in [0.1, 0.15) is 12.1 Å². The van der Waals surface area contributed by atoms with Crippen molar-refractivity contribution in [2.45, 2.75) is 6.36 Å². The number of anilines is 3. The smallest absolute Gasteiger partial charge is 0.406 e. The molecule has 0 atom stereocenters. The van der Waals surface area contributed by atoms with Gasteiger partial charge in [0.05, 0.1) is 4.92 Å².